The Morgan fingerprint density at radius 2 is 1.85 bits per heavy atom. The van der Waals surface area contributed by atoms with Crippen molar-refractivity contribution in [2.45, 2.75) is 0 Å². The topological polar surface area (TPSA) is 110 Å². The number of morpholine rings is 1. The summed E-state index contributed by atoms with van der Waals surface area (Å²) in [5, 5.41) is 17.4. The maximum Gasteiger partial charge on any atom is 0.293 e. The van der Waals surface area contributed by atoms with E-state index < -0.39 is 10.8 Å². The van der Waals surface area contributed by atoms with Crippen LogP contribution in [0, 0.1) is 10.1 Å². The molecule has 4 rings (SSSR count). The van der Waals surface area contributed by atoms with Gasteiger partial charge in [-0.15, -0.1) is 0 Å². The summed E-state index contributed by atoms with van der Waals surface area (Å²) in [6.07, 6.45) is 0. The average Bonchev–Trinajstić information content (AvgIpc) is 3.30. The predicted molar refractivity (Wildman–Crippen MR) is 129 cm³/mol. The smallest absolute Gasteiger partial charge is 0.293 e. The van der Waals surface area contributed by atoms with Gasteiger partial charge in [0.2, 0.25) is 0 Å². The number of ether oxygens (including phenoxy) is 1. The molecule has 2 N–H and O–H groups in total. The first-order chi connectivity index (χ1) is 15.9. The van der Waals surface area contributed by atoms with Crippen molar-refractivity contribution in [2.24, 2.45) is 0 Å². The monoisotopic (exact) mass is 486 g/mol. The zero-order valence-electron chi connectivity index (χ0n) is 17.2. The van der Waals surface area contributed by atoms with Crippen molar-refractivity contribution < 1.29 is 18.9 Å². The standard InChI is InChI=1S/C22H19ClN4O5S/c23-15-5-3-6-16(20(15)26-10-12-31-13-11-26)24-22(33)25-21(28)19-9-8-18(32-19)14-4-1-2-7-17(14)27(29)30/h1-9H,10-13H2,(H2,24,25,28,33). The summed E-state index contributed by atoms with van der Waals surface area (Å²) in [6.45, 7) is 2.54. The van der Waals surface area contributed by atoms with Crippen LogP contribution in [0.3, 0.4) is 0 Å². The maximum absolute atomic E-state index is 12.6. The molecule has 1 aliphatic heterocycles. The molecular formula is C22H19ClN4O5S. The van der Waals surface area contributed by atoms with Gasteiger partial charge in [0.1, 0.15) is 5.76 Å². The SMILES string of the molecule is O=C(NC(=S)Nc1cccc(Cl)c1N1CCOCC1)c1ccc(-c2ccccc2[N+](=O)[O-])o1. The number of rotatable bonds is 5. The van der Waals surface area contributed by atoms with Crippen molar-refractivity contribution in [3.05, 3.63) is 75.5 Å². The van der Waals surface area contributed by atoms with Crippen LogP contribution in [0.25, 0.3) is 11.3 Å². The number of hydrogen-bond donors (Lipinski definition) is 2. The first-order valence-corrected chi connectivity index (χ1v) is 10.8. The number of hydrogen-bond acceptors (Lipinski definition) is 7. The minimum Gasteiger partial charge on any atom is -0.451 e. The molecule has 0 spiro atoms. The number of anilines is 2. The highest BCUT2D eigenvalue weighted by Gasteiger charge is 2.21. The van der Waals surface area contributed by atoms with Gasteiger partial charge in [-0.1, -0.05) is 29.8 Å². The molecule has 11 heteroatoms. The van der Waals surface area contributed by atoms with Gasteiger partial charge in [-0.05, 0) is 42.5 Å². The van der Waals surface area contributed by atoms with E-state index in [-0.39, 0.29) is 27.9 Å². The molecule has 33 heavy (non-hydrogen) atoms. The normalized spacial score (nSPS) is 13.4. The zero-order valence-corrected chi connectivity index (χ0v) is 18.8. The van der Waals surface area contributed by atoms with Gasteiger partial charge in [0.15, 0.2) is 10.9 Å². The van der Waals surface area contributed by atoms with Crippen LogP contribution in [-0.2, 0) is 4.74 Å². The molecule has 1 fully saturated rings. The predicted octanol–water partition coefficient (Wildman–Crippen LogP) is 4.47. The second kappa shape index (κ2) is 9.99. The highest BCUT2D eigenvalue weighted by molar-refractivity contribution is 7.80. The third-order valence-corrected chi connectivity index (χ3v) is 5.49. The van der Waals surface area contributed by atoms with Gasteiger partial charge in [-0.25, -0.2) is 0 Å². The summed E-state index contributed by atoms with van der Waals surface area (Å²) in [4.78, 5) is 25.5. The van der Waals surface area contributed by atoms with E-state index in [0.29, 0.717) is 37.0 Å². The number of nitro groups is 1. The Kier molecular flexibility index (Phi) is 6.87. The third kappa shape index (κ3) is 5.14. The Hall–Kier alpha value is -3.47. The molecule has 1 aromatic heterocycles. The average molecular weight is 487 g/mol. The number of nitrogens with zero attached hydrogens (tertiary/aromatic N) is 2. The van der Waals surface area contributed by atoms with E-state index in [4.69, 9.17) is 33.0 Å². The molecule has 1 amide bonds. The van der Waals surface area contributed by atoms with Gasteiger partial charge >= 0.3 is 0 Å². The molecule has 0 saturated carbocycles. The van der Waals surface area contributed by atoms with Crippen LogP contribution in [0.15, 0.2) is 59.0 Å². The summed E-state index contributed by atoms with van der Waals surface area (Å²) in [7, 11) is 0. The quantitative estimate of drug-likeness (QED) is 0.309. The van der Waals surface area contributed by atoms with Gasteiger partial charge in [0.25, 0.3) is 11.6 Å². The lowest BCUT2D eigenvalue weighted by Crippen LogP contribution is -2.38. The van der Waals surface area contributed by atoms with E-state index in [2.05, 4.69) is 15.5 Å². The number of carbonyl (C=O) groups excluding carboxylic acids is 1. The molecule has 0 radical (unpaired) electrons. The summed E-state index contributed by atoms with van der Waals surface area (Å²) in [5.41, 5.74) is 1.58. The third-order valence-electron chi connectivity index (χ3n) is 4.99. The number of thiocarbonyl (C=S) groups is 1. The summed E-state index contributed by atoms with van der Waals surface area (Å²) >= 11 is 11.7. The first-order valence-electron chi connectivity index (χ1n) is 10.0. The van der Waals surface area contributed by atoms with E-state index in [1.54, 1.807) is 30.3 Å². The lowest BCUT2D eigenvalue weighted by molar-refractivity contribution is -0.384. The van der Waals surface area contributed by atoms with Gasteiger partial charge in [0.05, 0.1) is 40.1 Å². The van der Waals surface area contributed by atoms with E-state index in [9.17, 15) is 14.9 Å². The molecule has 1 aliphatic rings. The van der Waals surface area contributed by atoms with Crippen LogP contribution >= 0.6 is 23.8 Å². The molecular weight excluding hydrogens is 468 g/mol. The number of nitrogens with one attached hydrogen (secondary N) is 2. The van der Waals surface area contributed by atoms with Gasteiger partial charge in [-0.2, -0.15) is 0 Å². The molecule has 1 saturated heterocycles. The fourth-order valence-corrected chi connectivity index (χ4v) is 3.99. The molecule has 9 nitrogen and oxygen atoms in total. The summed E-state index contributed by atoms with van der Waals surface area (Å²) in [6, 6.07) is 14.4. The molecule has 3 aromatic rings. The number of para-hydroxylation sites is 2. The fraction of sp³-hybridized carbons (Fsp3) is 0.182. The zero-order chi connectivity index (χ0) is 23.4. The second-order valence-electron chi connectivity index (χ2n) is 7.08. The van der Waals surface area contributed by atoms with Crippen molar-refractivity contribution >= 4 is 51.9 Å². The van der Waals surface area contributed by atoms with Crippen LogP contribution in [0.1, 0.15) is 10.6 Å². The summed E-state index contributed by atoms with van der Waals surface area (Å²) < 4.78 is 11.0. The van der Waals surface area contributed by atoms with Crippen LogP contribution in [0.2, 0.25) is 5.02 Å². The molecule has 170 valence electrons. The molecule has 0 bridgehead atoms. The van der Waals surface area contributed by atoms with Crippen molar-refractivity contribution in [3.63, 3.8) is 0 Å². The van der Waals surface area contributed by atoms with E-state index in [0.717, 1.165) is 5.69 Å². The van der Waals surface area contributed by atoms with Gasteiger partial charge in [-0.3, -0.25) is 20.2 Å². The fourth-order valence-electron chi connectivity index (χ4n) is 3.49. The van der Waals surface area contributed by atoms with Gasteiger partial charge in [0, 0.05) is 19.2 Å². The largest absolute Gasteiger partial charge is 0.451 e. The molecule has 0 unspecified atom stereocenters. The lowest BCUT2D eigenvalue weighted by atomic mass is 10.1. The molecule has 2 aromatic carbocycles. The first kappa shape index (κ1) is 22.7. The lowest BCUT2D eigenvalue weighted by Gasteiger charge is -2.31. The molecule has 0 aliphatic carbocycles. The molecule has 0 atom stereocenters. The Bertz CT molecular complexity index is 1210. The van der Waals surface area contributed by atoms with Gasteiger partial charge < -0.3 is 19.4 Å². The number of furan rings is 1. The number of carbonyl (C=O) groups is 1. The van der Waals surface area contributed by atoms with Crippen molar-refractivity contribution in [1.29, 1.82) is 0 Å². The van der Waals surface area contributed by atoms with Crippen molar-refractivity contribution in [2.75, 3.05) is 36.5 Å². The number of benzene rings is 2. The van der Waals surface area contributed by atoms with Crippen LogP contribution in [0.5, 0.6) is 0 Å². The van der Waals surface area contributed by atoms with Crippen LogP contribution in [0.4, 0.5) is 17.1 Å². The highest BCUT2D eigenvalue weighted by atomic mass is 35.5. The van der Waals surface area contributed by atoms with E-state index in [1.165, 1.54) is 18.2 Å². The Morgan fingerprint density at radius 3 is 2.61 bits per heavy atom. The second-order valence-corrected chi connectivity index (χ2v) is 7.90. The maximum atomic E-state index is 12.6. The highest BCUT2D eigenvalue weighted by Crippen LogP contribution is 2.34. The van der Waals surface area contributed by atoms with Crippen molar-refractivity contribution in [1.82, 2.24) is 5.32 Å². The minimum absolute atomic E-state index is 0.0354. The Morgan fingerprint density at radius 1 is 1.09 bits per heavy atom. The Balaban J connectivity index is 1.47. The van der Waals surface area contributed by atoms with Crippen LogP contribution < -0.4 is 15.5 Å². The number of nitro benzene ring substituents is 1. The summed E-state index contributed by atoms with van der Waals surface area (Å²) in [5.74, 6) is -0.421. The minimum atomic E-state index is -0.590. The van der Waals surface area contributed by atoms with Crippen LogP contribution in [-0.4, -0.2) is 42.2 Å². The number of halogens is 1. The number of amides is 1. The van der Waals surface area contributed by atoms with E-state index in [1.807, 2.05) is 6.07 Å². The Labute approximate surface area is 199 Å². The molecule has 2 heterocycles. The van der Waals surface area contributed by atoms with E-state index >= 15 is 0 Å². The van der Waals surface area contributed by atoms with Crippen molar-refractivity contribution in [3.8, 4) is 11.3 Å².